The fourth-order valence-corrected chi connectivity index (χ4v) is 2.06. The molecule has 2 aromatic rings. The number of nitrogen functional groups attached to an aromatic ring is 1. The molecule has 0 aliphatic carbocycles. The maximum absolute atomic E-state index is 5.94. The topological polar surface area (TPSA) is 35.2 Å². The summed E-state index contributed by atoms with van der Waals surface area (Å²) >= 11 is 0. The van der Waals surface area contributed by atoms with E-state index in [-0.39, 0.29) is 5.41 Å². The Labute approximate surface area is 121 Å². The Morgan fingerprint density at radius 1 is 1.00 bits per heavy atom. The van der Waals surface area contributed by atoms with Gasteiger partial charge in [-0.2, -0.15) is 0 Å². The van der Waals surface area contributed by atoms with Gasteiger partial charge in [0.1, 0.15) is 12.4 Å². The van der Waals surface area contributed by atoms with Crippen LogP contribution in [0.5, 0.6) is 5.75 Å². The zero-order valence-corrected chi connectivity index (χ0v) is 12.7. The molecule has 0 radical (unpaired) electrons. The zero-order valence-electron chi connectivity index (χ0n) is 12.7. The van der Waals surface area contributed by atoms with E-state index in [0.717, 1.165) is 16.9 Å². The number of hydrogen-bond donors (Lipinski definition) is 1. The molecule has 0 unspecified atom stereocenters. The van der Waals surface area contributed by atoms with Crippen LogP contribution in [0.2, 0.25) is 0 Å². The SMILES string of the molecule is Cc1ccc(OCc2ccc(C(C)(C)C)cc2)c(N)c1. The molecule has 2 nitrogen and oxygen atoms in total. The van der Waals surface area contributed by atoms with Gasteiger partial charge in [0.2, 0.25) is 0 Å². The fourth-order valence-electron chi connectivity index (χ4n) is 2.06. The molecular weight excluding hydrogens is 246 g/mol. The lowest BCUT2D eigenvalue weighted by Crippen LogP contribution is -2.10. The lowest BCUT2D eigenvalue weighted by atomic mass is 9.87. The normalized spacial score (nSPS) is 11.4. The Kier molecular flexibility index (Phi) is 4.03. The van der Waals surface area contributed by atoms with Gasteiger partial charge in [-0.25, -0.2) is 0 Å². The highest BCUT2D eigenvalue weighted by molar-refractivity contribution is 5.54. The van der Waals surface area contributed by atoms with Crippen LogP contribution >= 0.6 is 0 Å². The number of hydrogen-bond acceptors (Lipinski definition) is 2. The molecule has 0 saturated heterocycles. The summed E-state index contributed by atoms with van der Waals surface area (Å²) in [5.74, 6) is 0.746. The minimum atomic E-state index is 0.181. The summed E-state index contributed by atoms with van der Waals surface area (Å²) in [6, 6.07) is 14.4. The second-order valence-electron chi connectivity index (χ2n) is 6.28. The molecule has 2 aromatic carbocycles. The van der Waals surface area contributed by atoms with Crippen LogP contribution < -0.4 is 10.5 Å². The van der Waals surface area contributed by atoms with E-state index in [0.29, 0.717) is 12.3 Å². The highest BCUT2D eigenvalue weighted by atomic mass is 16.5. The quantitative estimate of drug-likeness (QED) is 0.835. The molecule has 0 saturated carbocycles. The third-order valence-corrected chi connectivity index (χ3v) is 3.38. The van der Waals surface area contributed by atoms with Gasteiger partial charge in [0.05, 0.1) is 5.69 Å². The Balaban J connectivity index is 2.04. The Bertz CT molecular complexity index is 579. The van der Waals surface area contributed by atoms with Crippen LogP contribution in [-0.2, 0) is 12.0 Å². The molecule has 20 heavy (non-hydrogen) atoms. The number of ether oxygens (including phenoxy) is 1. The summed E-state index contributed by atoms with van der Waals surface area (Å²) in [5, 5.41) is 0. The molecule has 106 valence electrons. The molecule has 0 bridgehead atoms. The minimum Gasteiger partial charge on any atom is -0.487 e. The van der Waals surface area contributed by atoms with Crippen molar-refractivity contribution in [3.05, 3.63) is 59.2 Å². The number of anilines is 1. The van der Waals surface area contributed by atoms with Crippen molar-refractivity contribution in [1.29, 1.82) is 0 Å². The van der Waals surface area contributed by atoms with Gasteiger partial charge in [-0.3, -0.25) is 0 Å². The molecule has 0 amide bonds. The van der Waals surface area contributed by atoms with E-state index >= 15 is 0 Å². The molecule has 0 spiro atoms. The average molecular weight is 269 g/mol. The largest absolute Gasteiger partial charge is 0.487 e. The molecule has 0 heterocycles. The third kappa shape index (κ3) is 3.53. The number of aryl methyl sites for hydroxylation is 1. The summed E-state index contributed by atoms with van der Waals surface area (Å²) in [7, 11) is 0. The van der Waals surface area contributed by atoms with Crippen molar-refractivity contribution in [1.82, 2.24) is 0 Å². The highest BCUT2D eigenvalue weighted by Crippen LogP contribution is 2.25. The smallest absolute Gasteiger partial charge is 0.142 e. The summed E-state index contributed by atoms with van der Waals surface area (Å²) in [4.78, 5) is 0. The number of benzene rings is 2. The molecular formula is C18H23NO. The molecule has 0 aliphatic heterocycles. The monoisotopic (exact) mass is 269 g/mol. The van der Waals surface area contributed by atoms with Gasteiger partial charge in [-0.1, -0.05) is 51.1 Å². The van der Waals surface area contributed by atoms with E-state index in [1.54, 1.807) is 0 Å². The van der Waals surface area contributed by atoms with Gasteiger partial charge >= 0.3 is 0 Å². The van der Waals surface area contributed by atoms with E-state index in [9.17, 15) is 0 Å². The summed E-state index contributed by atoms with van der Waals surface area (Å²) in [6.45, 7) is 9.20. The van der Waals surface area contributed by atoms with E-state index in [2.05, 4.69) is 45.0 Å². The fraction of sp³-hybridized carbons (Fsp3) is 0.333. The Morgan fingerprint density at radius 3 is 2.20 bits per heavy atom. The van der Waals surface area contributed by atoms with Crippen molar-refractivity contribution in [2.24, 2.45) is 0 Å². The molecule has 0 atom stereocenters. The van der Waals surface area contributed by atoms with Crippen LogP contribution in [0, 0.1) is 6.92 Å². The predicted molar refractivity (Wildman–Crippen MR) is 85.1 cm³/mol. The first-order valence-electron chi connectivity index (χ1n) is 6.94. The van der Waals surface area contributed by atoms with Crippen molar-refractivity contribution >= 4 is 5.69 Å². The summed E-state index contributed by atoms with van der Waals surface area (Å²) in [6.07, 6.45) is 0. The average Bonchev–Trinajstić information content (AvgIpc) is 2.37. The van der Waals surface area contributed by atoms with E-state index in [1.165, 1.54) is 5.56 Å². The highest BCUT2D eigenvalue weighted by Gasteiger charge is 2.12. The van der Waals surface area contributed by atoms with Gasteiger partial charge in [0, 0.05) is 0 Å². The van der Waals surface area contributed by atoms with E-state index in [4.69, 9.17) is 10.5 Å². The van der Waals surface area contributed by atoms with Crippen LogP contribution in [0.1, 0.15) is 37.5 Å². The standard InChI is InChI=1S/C18H23NO/c1-13-5-10-17(16(19)11-13)20-12-14-6-8-15(9-7-14)18(2,3)4/h5-11H,12,19H2,1-4H3. The molecule has 0 aliphatic rings. The third-order valence-electron chi connectivity index (χ3n) is 3.38. The first-order valence-corrected chi connectivity index (χ1v) is 6.94. The van der Waals surface area contributed by atoms with E-state index < -0.39 is 0 Å². The van der Waals surface area contributed by atoms with Crippen LogP contribution in [-0.4, -0.2) is 0 Å². The van der Waals surface area contributed by atoms with Crippen LogP contribution in [0.25, 0.3) is 0 Å². The van der Waals surface area contributed by atoms with Crippen molar-refractivity contribution < 1.29 is 4.74 Å². The maximum atomic E-state index is 5.94. The van der Waals surface area contributed by atoms with Crippen LogP contribution in [0.15, 0.2) is 42.5 Å². The maximum Gasteiger partial charge on any atom is 0.142 e. The van der Waals surface area contributed by atoms with Gasteiger partial charge in [-0.05, 0) is 41.2 Å². The predicted octanol–water partition coefficient (Wildman–Crippen LogP) is 4.45. The summed E-state index contributed by atoms with van der Waals surface area (Å²) < 4.78 is 5.78. The van der Waals surface area contributed by atoms with Crippen molar-refractivity contribution in [2.45, 2.75) is 39.7 Å². The van der Waals surface area contributed by atoms with Gasteiger partial charge in [0.15, 0.2) is 0 Å². The Morgan fingerprint density at radius 2 is 1.65 bits per heavy atom. The molecule has 2 N–H and O–H groups in total. The number of rotatable bonds is 3. The lowest BCUT2D eigenvalue weighted by Gasteiger charge is -2.19. The first kappa shape index (κ1) is 14.4. The van der Waals surface area contributed by atoms with Crippen LogP contribution in [0.3, 0.4) is 0 Å². The van der Waals surface area contributed by atoms with E-state index in [1.807, 2.05) is 25.1 Å². The molecule has 0 fully saturated rings. The zero-order chi connectivity index (χ0) is 14.8. The van der Waals surface area contributed by atoms with Gasteiger partial charge in [0.25, 0.3) is 0 Å². The molecule has 2 heteroatoms. The van der Waals surface area contributed by atoms with Gasteiger partial charge in [-0.15, -0.1) is 0 Å². The van der Waals surface area contributed by atoms with Crippen molar-refractivity contribution in [3.8, 4) is 5.75 Å². The van der Waals surface area contributed by atoms with Crippen molar-refractivity contribution in [2.75, 3.05) is 5.73 Å². The van der Waals surface area contributed by atoms with Crippen LogP contribution in [0.4, 0.5) is 5.69 Å². The summed E-state index contributed by atoms with van der Waals surface area (Å²) in [5.41, 5.74) is 10.4. The lowest BCUT2D eigenvalue weighted by molar-refractivity contribution is 0.308. The molecule has 0 aromatic heterocycles. The number of nitrogens with two attached hydrogens (primary N) is 1. The first-order chi connectivity index (χ1) is 9.36. The minimum absolute atomic E-state index is 0.181. The van der Waals surface area contributed by atoms with Gasteiger partial charge < -0.3 is 10.5 Å². The Hall–Kier alpha value is -1.96. The molecule has 2 rings (SSSR count). The van der Waals surface area contributed by atoms with Crippen molar-refractivity contribution in [3.63, 3.8) is 0 Å². The second-order valence-corrected chi connectivity index (χ2v) is 6.28. The second kappa shape index (κ2) is 5.58.